The van der Waals surface area contributed by atoms with Crippen LogP contribution in [0.15, 0.2) is 24.3 Å². The summed E-state index contributed by atoms with van der Waals surface area (Å²) in [6, 6.07) is 7.19. The molecule has 1 aromatic rings. The highest BCUT2D eigenvalue weighted by molar-refractivity contribution is 6.41. The first kappa shape index (κ1) is 19.2. The van der Waals surface area contributed by atoms with Crippen LogP contribution in [0.1, 0.15) is 19.8 Å². The SMILES string of the molecule is CCCC(=O)NCC1CNCCOC1.Clc1ccccc1Cl. The predicted molar refractivity (Wildman–Crippen MR) is 91.6 cm³/mol. The quantitative estimate of drug-likeness (QED) is 0.880. The molecule has 0 aliphatic carbocycles. The van der Waals surface area contributed by atoms with Crippen molar-refractivity contribution >= 4 is 29.1 Å². The Kier molecular flexibility index (Phi) is 10.2. The third-order valence-corrected chi connectivity index (χ3v) is 3.85. The summed E-state index contributed by atoms with van der Waals surface area (Å²) in [6.45, 7) is 6.12. The third kappa shape index (κ3) is 8.59. The number of ether oxygens (including phenoxy) is 1. The van der Waals surface area contributed by atoms with Crippen LogP contribution in [0.2, 0.25) is 10.0 Å². The van der Waals surface area contributed by atoms with Crippen molar-refractivity contribution in [3.63, 3.8) is 0 Å². The van der Waals surface area contributed by atoms with Gasteiger partial charge in [0, 0.05) is 32.0 Å². The molecule has 1 unspecified atom stereocenters. The number of rotatable bonds is 4. The van der Waals surface area contributed by atoms with Gasteiger partial charge in [-0.2, -0.15) is 0 Å². The maximum atomic E-state index is 11.2. The number of nitrogens with one attached hydrogen (secondary N) is 2. The molecule has 22 heavy (non-hydrogen) atoms. The van der Waals surface area contributed by atoms with Gasteiger partial charge in [-0.3, -0.25) is 4.79 Å². The van der Waals surface area contributed by atoms with Gasteiger partial charge in [0.05, 0.1) is 23.3 Å². The Labute approximate surface area is 142 Å². The molecule has 1 saturated heterocycles. The average Bonchev–Trinajstić information content (AvgIpc) is 2.78. The van der Waals surface area contributed by atoms with E-state index < -0.39 is 0 Å². The molecule has 4 nitrogen and oxygen atoms in total. The molecule has 0 aromatic heterocycles. The van der Waals surface area contributed by atoms with Gasteiger partial charge < -0.3 is 15.4 Å². The van der Waals surface area contributed by atoms with Crippen molar-refractivity contribution in [2.75, 3.05) is 32.8 Å². The van der Waals surface area contributed by atoms with Crippen LogP contribution in [0.4, 0.5) is 0 Å². The summed E-state index contributed by atoms with van der Waals surface area (Å²) >= 11 is 11.2. The molecule has 6 heteroatoms. The Balaban J connectivity index is 0.000000255. The number of benzene rings is 1. The van der Waals surface area contributed by atoms with Gasteiger partial charge in [0.2, 0.25) is 5.91 Å². The van der Waals surface area contributed by atoms with Crippen LogP contribution < -0.4 is 10.6 Å². The highest BCUT2D eigenvalue weighted by atomic mass is 35.5. The summed E-state index contributed by atoms with van der Waals surface area (Å²) in [7, 11) is 0. The van der Waals surface area contributed by atoms with Crippen molar-refractivity contribution in [2.45, 2.75) is 19.8 Å². The second kappa shape index (κ2) is 11.7. The standard InChI is InChI=1S/C10H20N2O2.C6H4Cl2/c1-2-3-10(13)12-7-9-6-11-4-5-14-8-9;7-5-3-1-2-4-6(5)8/h9,11H,2-8H2,1H3,(H,12,13);1-4H. The molecule has 1 fully saturated rings. The van der Waals surface area contributed by atoms with Gasteiger partial charge in [-0.1, -0.05) is 42.3 Å². The van der Waals surface area contributed by atoms with Crippen molar-refractivity contribution in [2.24, 2.45) is 5.92 Å². The zero-order valence-corrected chi connectivity index (χ0v) is 14.4. The second-order valence-electron chi connectivity index (χ2n) is 5.11. The molecule has 0 radical (unpaired) electrons. The van der Waals surface area contributed by atoms with E-state index in [-0.39, 0.29) is 5.91 Å². The summed E-state index contributed by atoms with van der Waals surface area (Å²) in [5.41, 5.74) is 0. The van der Waals surface area contributed by atoms with Crippen molar-refractivity contribution in [1.82, 2.24) is 10.6 Å². The number of carbonyl (C=O) groups excluding carboxylic acids is 1. The lowest BCUT2D eigenvalue weighted by molar-refractivity contribution is -0.121. The Morgan fingerprint density at radius 2 is 2.05 bits per heavy atom. The zero-order valence-electron chi connectivity index (χ0n) is 12.9. The molecule has 124 valence electrons. The highest BCUT2D eigenvalue weighted by Crippen LogP contribution is 2.19. The Morgan fingerprint density at radius 1 is 1.36 bits per heavy atom. The number of halogens is 2. The molecule has 1 atom stereocenters. The molecular formula is C16H24Cl2N2O2. The van der Waals surface area contributed by atoms with Gasteiger partial charge in [-0.15, -0.1) is 0 Å². The van der Waals surface area contributed by atoms with E-state index in [1.54, 1.807) is 12.1 Å². The lowest BCUT2D eigenvalue weighted by Gasteiger charge is -2.14. The Hall–Kier alpha value is -0.810. The predicted octanol–water partition coefficient (Wildman–Crippen LogP) is 3.13. The van der Waals surface area contributed by atoms with Crippen molar-refractivity contribution < 1.29 is 9.53 Å². The number of amides is 1. The smallest absolute Gasteiger partial charge is 0.219 e. The molecule has 1 aliphatic heterocycles. The molecule has 1 aliphatic rings. The molecule has 2 N–H and O–H groups in total. The average molecular weight is 347 g/mol. The number of carbonyl (C=O) groups is 1. The minimum Gasteiger partial charge on any atom is -0.380 e. The number of hydrogen-bond acceptors (Lipinski definition) is 3. The van der Waals surface area contributed by atoms with Gasteiger partial charge in [0.1, 0.15) is 0 Å². The van der Waals surface area contributed by atoms with Crippen molar-refractivity contribution in [3.05, 3.63) is 34.3 Å². The van der Waals surface area contributed by atoms with Gasteiger partial charge in [0.15, 0.2) is 0 Å². The Morgan fingerprint density at radius 3 is 2.64 bits per heavy atom. The lowest BCUT2D eigenvalue weighted by atomic mass is 10.1. The molecule has 0 saturated carbocycles. The fraction of sp³-hybridized carbons (Fsp3) is 0.562. The van der Waals surface area contributed by atoms with E-state index in [0.29, 0.717) is 22.4 Å². The van der Waals surface area contributed by atoms with E-state index in [4.69, 9.17) is 27.9 Å². The minimum absolute atomic E-state index is 0.150. The summed E-state index contributed by atoms with van der Waals surface area (Å²) in [5, 5.41) is 7.41. The highest BCUT2D eigenvalue weighted by Gasteiger charge is 2.12. The normalized spacial score (nSPS) is 17.9. The van der Waals surface area contributed by atoms with Crippen LogP contribution in [-0.2, 0) is 9.53 Å². The van der Waals surface area contributed by atoms with E-state index in [1.165, 1.54) is 0 Å². The summed E-state index contributed by atoms with van der Waals surface area (Å²) in [4.78, 5) is 11.2. The zero-order chi connectivity index (χ0) is 16.2. The number of hydrogen-bond donors (Lipinski definition) is 2. The van der Waals surface area contributed by atoms with Gasteiger partial charge in [-0.25, -0.2) is 0 Å². The summed E-state index contributed by atoms with van der Waals surface area (Å²) < 4.78 is 5.39. The maximum Gasteiger partial charge on any atom is 0.219 e. The first-order valence-corrected chi connectivity index (χ1v) is 8.34. The first-order chi connectivity index (χ1) is 10.6. The maximum absolute atomic E-state index is 11.2. The molecule has 0 bridgehead atoms. The first-order valence-electron chi connectivity index (χ1n) is 7.58. The largest absolute Gasteiger partial charge is 0.380 e. The molecule has 1 amide bonds. The van der Waals surface area contributed by atoms with Gasteiger partial charge in [-0.05, 0) is 18.6 Å². The van der Waals surface area contributed by atoms with Crippen molar-refractivity contribution in [3.8, 4) is 0 Å². The molecule has 2 rings (SSSR count). The molecule has 0 spiro atoms. The van der Waals surface area contributed by atoms with Gasteiger partial charge in [0.25, 0.3) is 0 Å². The fourth-order valence-corrected chi connectivity index (χ4v) is 2.17. The topological polar surface area (TPSA) is 50.4 Å². The van der Waals surface area contributed by atoms with Crippen LogP contribution >= 0.6 is 23.2 Å². The summed E-state index contributed by atoms with van der Waals surface area (Å²) in [6.07, 6.45) is 1.53. The summed E-state index contributed by atoms with van der Waals surface area (Å²) in [5.74, 6) is 0.565. The molecule has 1 aromatic carbocycles. The molecular weight excluding hydrogens is 323 g/mol. The van der Waals surface area contributed by atoms with Crippen LogP contribution in [-0.4, -0.2) is 38.8 Å². The van der Waals surface area contributed by atoms with Crippen LogP contribution in [0.3, 0.4) is 0 Å². The lowest BCUT2D eigenvalue weighted by Crippen LogP contribution is -2.35. The monoisotopic (exact) mass is 346 g/mol. The van der Waals surface area contributed by atoms with Crippen LogP contribution in [0.5, 0.6) is 0 Å². The van der Waals surface area contributed by atoms with Crippen LogP contribution in [0.25, 0.3) is 0 Å². The van der Waals surface area contributed by atoms with E-state index in [2.05, 4.69) is 10.6 Å². The van der Waals surface area contributed by atoms with Crippen LogP contribution in [0, 0.1) is 5.92 Å². The van der Waals surface area contributed by atoms with Gasteiger partial charge >= 0.3 is 0 Å². The fourth-order valence-electron chi connectivity index (χ4n) is 1.90. The Bertz CT molecular complexity index is 415. The van der Waals surface area contributed by atoms with E-state index in [1.807, 2.05) is 19.1 Å². The van der Waals surface area contributed by atoms with E-state index >= 15 is 0 Å². The molecule has 1 heterocycles. The van der Waals surface area contributed by atoms with Crippen molar-refractivity contribution in [1.29, 1.82) is 0 Å². The minimum atomic E-state index is 0.150. The third-order valence-electron chi connectivity index (χ3n) is 3.10. The van der Waals surface area contributed by atoms with E-state index in [0.717, 1.165) is 39.3 Å². The van der Waals surface area contributed by atoms with E-state index in [9.17, 15) is 4.79 Å². The second-order valence-corrected chi connectivity index (χ2v) is 5.93.